The van der Waals surface area contributed by atoms with E-state index in [1.165, 1.54) is 14.2 Å². The molecule has 5 heteroatoms. The highest BCUT2D eigenvalue weighted by Gasteiger charge is 2.12. The van der Waals surface area contributed by atoms with Crippen LogP contribution in [0.1, 0.15) is 10.4 Å². The molecule has 16 heavy (non-hydrogen) atoms. The Hall–Kier alpha value is -1.75. The van der Waals surface area contributed by atoms with E-state index in [0.29, 0.717) is 29.1 Å². The molecule has 0 radical (unpaired) electrons. The lowest BCUT2D eigenvalue weighted by molar-refractivity contribution is 0.111. The van der Waals surface area contributed by atoms with E-state index in [1.54, 1.807) is 12.1 Å². The first-order chi connectivity index (χ1) is 7.76. The standard InChI is InChI=1S/C11H14O5/c1-14-10-5-8(16-4-3-12)6-11(15-2)9(10)7-13/h5-7,12H,3-4H2,1-2H3. The molecule has 0 aliphatic rings. The van der Waals surface area contributed by atoms with E-state index in [9.17, 15) is 4.79 Å². The van der Waals surface area contributed by atoms with Crippen LogP contribution in [0.3, 0.4) is 0 Å². The van der Waals surface area contributed by atoms with Crippen LogP contribution in [0.5, 0.6) is 17.2 Å². The molecule has 0 saturated heterocycles. The maximum Gasteiger partial charge on any atom is 0.157 e. The Bertz CT molecular complexity index is 336. The number of hydrogen-bond donors (Lipinski definition) is 1. The summed E-state index contributed by atoms with van der Waals surface area (Å²) >= 11 is 0. The van der Waals surface area contributed by atoms with Crippen LogP contribution in [0.15, 0.2) is 12.1 Å². The third kappa shape index (κ3) is 2.64. The highest BCUT2D eigenvalue weighted by atomic mass is 16.5. The van der Waals surface area contributed by atoms with Crippen molar-refractivity contribution in [1.82, 2.24) is 0 Å². The molecule has 0 fully saturated rings. The molecule has 0 aliphatic carbocycles. The average molecular weight is 226 g/mol. The molecule has 0 bridgehead atoms. The van der Waals surface area contributed by atoms with Crippen LogP contribution in [0, 0.1) is 0 Å². The minimum Gasteiger partial charge on any atom is -0.496 e. The molecule has 0 saturated carbocycles. The smallest absolute Gasteiger partial charge is 0.157 e. The topological polar surface area (TPSA) is 65.0 Å². The zero-order chi connectivity index (χ0) is 12.0. The molecule has 0 spiro atoms. The van der Waals surface area contributed by atoms with Gasteiger partial charge in [0.1, 0.15) is 23.9 Å². The summed E-state index contributed by atoms with van der Waals surface area (Å²) in [5, 5.41) is 8.64. The summed E-state index contributed by atoms with van der Waals surface area (Å²) in [4.78, 5) is 10.9. The van der Waals surface area contributed by atoms with E-state index < -0.39 is 0 Å². The van der Waals surface area contributed by atoms with Crippen LogP contribution in [-0.4, -0.2) is 38.8 Å². The maximum atomic E-state index is 10.9. The Morgan fingerprint density at radius 2 is 1.81 bits per heavy atom. The molecule has 88 valence electrons. The predicted molar refractivity (Wildman–Crippen MR) is 57.5 cm³/mol. The molecule has 1 aromatic rings. The number of hydrogen-bond acceptors (Lipinski definition) is 5. The summed E-state index contributed by atoms with van der Waals surface area (Å²) in [5.74, 6) is 1.23. The third-order valence-corrected chi connectivity index (χ3v) is 2.00. The van der Waals surface area contributed by atoms with E-state index in [2.05, 4.69) is 0 Å². The van der Waals surface area contributed by atoms with Crippen LogP contribution < -0.4 is 14.2 Å². The van der Waals surface area contributed by atoms with Crippen molar-refractivity contribution >= 4 is 6.29 Å². The first-order valence-electron chi connectivity index (χ1n) is 4.71. The van der Waals surface area contributed by atoms with Gasteiger partial charge < -0.3 is 19.3 Å². The van der Waals surface area contributed by atoms with Gasteiger partial charge in [0.2, 0.25) is 0 Å². The Balaban J connectivity index is 3.10. The Morgan fingerprint density at radius 1 is 1.25 bits per heavy atom. The molecule has 0 amide bonds. The molecule has 1 rings (SSSR count). The van der Waals surface area contributed by atoms with E-state index in [1.807, 2.05) is 0 Å². The van der Waals surface area contributed by atoms with Crippen LogP contribution in [0.25, 0.3) is 0 Å². The lowest BCUT2D eigenvalue weighted by Crippen LogP contribution is -2.03. The number of carbonyl (C=O) groups excluding carboxylic acids is 1. The van der Waals surface area contributed by atoms with E-state index >= 15 is 0 Å². The summed E-state index contributed by atoms with van der Waals surface area (Å²) in [6, 6.07) is 3.14. The zero-order valence-electron chi connectivity index (χ0n) is 9.23. The number of aliphatic hydroxyl groups is 1. The molecule has 0 unspecified atom stereocenters. The normalized spacial score (nSPS) is 9.69. The van der Waals surface area contributed by atoms with Crippen LogP contribution in [-0.2, 0) is 0 Å². The Morgan fingerprint density at radius 3 is 2.19 bits per heavy atom. The summed E-state index contributed by atoms with van der Waals surface area (Å²) in [7, 11) is 2.91. The molecule has 0 atom stereocenters. The van der Waals surface area contributed by atoms with Crippen LogP contribution in [0.4, 0.5) is 0 Å². The van der Waals surface area contributed by atoms with Gasteiger partial charge in [-0.25, -0.2) is 0 Å². The largest absolute Gasteiger partial charge is 0.496 e. The Labute approximate surface area is 93.6 Å². The van der Waals surface area contributed by atoms with Crippen LogP contribution in [0.2, 0.25) is 0 Å². The van der Waals surface area contributed by atoms with Gasteiger partial charge in [-0.1, -0.05) is 0 Å². The van der Waals surface area contributed by atoms with Gasteiger partial charge in [-0.2, -0.15) is 0 Å². The third-order valence-electron chi connectivity index (χ3n) is 2.00. The fourth-order valence-corrected chi connectivity index (χ4v) is 1.28. The van der Waals surface area contributed by atoms with Crippen molar-refractivity contribution in [2.45, 2.75) is 0 Å². The number of methoxy groups -OCH3 is 2. The molecule has 0 aromatic heterocycles. The minimum atomic E-state index is -0.0833. The van der Waals surface area contributed by atoms with Crippen molar-refractivity contribution in [3.63, 3.8) is 0 Å². The summed E-state index contributed by atoms with van der Waals surface area (Å²) in [5.41, 5.74) is 0.335. The number of aldehydes is 1. The van der Waals surface area contributed by atoms with Crippen molar-refractivity contribution in [2.75, 3.05) is 27.4 Å². The fraction of sp³-hybridized carbons (Fsp3) is 0.364. The van der Waals surface area contributed by atoms with Crippen LogP contribution >= 0.6 is 0 Å². The van der Waals surface area contributed by atoms with Gasteiger partial charge in [0.25, 0.3) is 0 Å². The molecule has 1 N–H and O–H groups in total. The number of rotatable bonds is 6. The summed E-state index contributed by atoms with van der Waals surface area (Å²) < 4.78 is 15.3. The van der Waals surface area contributed by atoms with E-state index in [0.717, 1.165) is 0 Å². The maximum absolute atomic E-state index is 10.9. The summed E-state index contributed by atoms with van der Waals surface area (Å²) in [6.45, 7) is 0.0901. The van der Waals surface area contributed by atoms with Gasteiger partial charge in [0.05, 0.1) is 26.4 Å². The molecular weight excluding hydrogens is 212 g/mol. The van der Waals surface area contributed by atoms with E-state index in [4.69, 9.17) is 19.3 Å². The predicted octanol–water partition coefficient (Wildman–Crippen LogP) is 0.887. The minimum absolute atomic E-state index is 0.0833. The van der Waals surface area contributed by atoms with Crippen molar-refractivity contribution in [1.29, 1.82) is 0 Å². The van der Waals surface area contributed by atoms with Crippen molar-refractivity contribution in [3.05, 3.63) is 17.7 Å². The van der Waals surface area contributed by atoms with E-state index in [-0.39, 0.29) is 13.2 Å². The summed E-state index contributed by atoms with van der Waals surface area (Å²) in [6.07, 6.45) is 0.660. The number of carbonyl (C=O) groups is 1. The quantitative estimate of drug-likeness (QED) is 0.730. The van der Waals surface area contributed by atoms with Crippen molar-refractivity contribution in [2.24, 2.45) is 0 Å². The average Bonchev–Trinajstić information content (AvgIpc) is 2.34. The second-order valence-electron chi connectivity index (χ2n) is 2.93. The van der Waals surface area contributed by atoms with Gasteiger partial charge in [-0.15, -0.1) is 0 Å². The highest BCUT2D eigenvalue weighted by molar-refractivity contribution is 5.84. The zero-order valence-corrected chi connectivity index (χ0v) is 9.23. The van der Waals surface area contributed by atoms with Crippen molar-refractivity contribution < 1.29 is 24.1 Å². The fourth-order valence-electron chi connectivity index (χ4n) is 1.28. The number of ether oxygens (including phenoxy) is 3. The molecule has 0 aliphatic heterocycles. The van der Waals surface area contributed by atoms with Crippen molar-refractivity contribution in [3.8, 4) is 17.2 Å². The van der Waals surface area contributed by atoms with Gasteiger partial charge in [0.15, 0.2) is 6.29 Å². The molecule has 1 aromatic carbocycles. The second-order valence-corrected chi connectivity index (χ2v) is 2.93. The number of benzene rings is 1. The molecular formula is C11H14O5. The lowest BCUT2D eigenvalue weighted by Gasteiger charge is -2.12. The van der Waals surface area contributed by atoms with Gasteiger partial charge >= 0.3 is 0 Å². The second kappa shape index (κ2) is 5.97. The van der Waals surface area contributed by atoms with Gasteiger partial charge in [-0.05, 0) is 0 Å². The molecule has 5 nitrogen and oxygen atoms in total. The first kappa shape index (κ1) is 12.3. The first-order valence-corrected chi connectivity index (χ1v) is 4.71. The number of aliphatic hydroxyl groups excluding tert-OH is 1. The lowest BCUT2D eigenvalue weighted by atomic mass is 10.2. The van der Waals surface area contributed by atoms with Gasteiger partial charge in [0, 0.05) is 12.1 Å². The Kier molecular flexibility index (Phi) is 4.60. The highest BCUT2D eigenvalue weighted by Crippen LogP contribution is 2.32. The molecule has 0 heterocycles. The monoisotopic (exact) mass is 226 g/mol. The SMILES string of the molecule is COc1cc(OCCO)cc(OC)c1C=O. The van der Waals surface area contributed by atoms with Gasteiger partial charge in [-0.3, -0.25) is 4.79 Å².